The zero-order valence-corrected chi connectivity index (χ0v) is 11.6. The van der Waals surface area contributed by atoms with Crippen molar-refractivity contribution >= 4 is 11.8 Å². The van der Waals surface area contributed by atoms with E-state index in [4.69, 9.17) is 4.42 Å². The number of alkyl halides is 3. The number of ether oxygens (including phenoxy) is 1. The van der Waals surface area contributed by atoms with Crippen molar-refractivity contribution in [1.29, 1.82) is 0 Å². The molecule has 1 aromatic heterocycles. The highest BCUT2D eigenvalue weighted by Crippen LogP contribution is 2.14. The fourth-order valence-electron chi connectivity index (χ4n) is 2.07. The van der Waals surface area contributed by atoms with Gasteiger partial charge in [0.05, 0.1) is 11.8 Å². The molecule has 0 unspecified atom stereocenters. The monoisotopic (exact) mass is 320 g/mol. The summed E-state index contributed by atoms with van der Waals surface area (Å²) in [5, 5.41) is 0. The van der Waals surface area contributed by atoms with E-state index in [1.165, 1.54) is 17.4 Å². The Hall–Kier alpha value is -2.03. The van der Waals surface area contributed by atoms with Gasteiger partial charge in [0.15, 0.2) is 0 Å². The van der Waals surface area contributed by atoms with Crippen LogP contribution in [0.5, 0.6) is 0 Å². The van der Waals surface area contributed by atoms with E-state index in [0.29, 0.717) is 18.7 Å². The van der Waals surface area contributed by atoms with Gasteiger partial charge in [0.1, 0.15) is 19.5 Å². The van der Waals surface area contributed by atoms with Gasteiger partial charge < -0.3 is 19.0 Å². The van der Waals surface area contributed by atoms with Gasteiger partial charge in [-0.2, -0.15) is 13.2 Å². The summed E-state index contributed by atoms with van der Waals surface area (Å²) in [4.78, 5) is 26.7. The Bertz CT molecular complexity index is 508. The third-order valence-corrected chi connectivity index (χ3v) is 3.18. The molecule has 0 radical (unpaired) electrons. The van der Waals surface area contributed by atoms with Crippen LogP contribution in [0.4, 0.5) is 13.2 Å². The number of rotatable bonds is 4. The molecule has 1 fully saturated rings. The lowest BCUT2D eigenvalue weighted by Gasteiger charge is -2.34. The van der Waals surface area contributed by atoms with Gasteiger partial charge in [-0.1, -0.05) is 0 Å². The first kappa shape index (κ1) is 16.3. The predicted octanol–water partition coefficient (Wildman–Crippen LogP) is 1.14. The fraction of sp³-hybridized carbons (Fsp3) is 0.538. The maximum absolute atomic E-state index is 12.0. The van der Waals surface area contributed by atoms with E-state index in [2.05, 4.69) is 4.74 Å². The summed E-state index contributed by atoms with van der Waals surface area (Å²) in [6, 6.07) is 1.55. The molecule has 9 heteroatoms. The van der Waals surface area contributed by atoms with E-state index < -0.39 is 25.3 Å². The Balaban J connectivity index is 1.75. The minimum Gasteiger partial charge on any atom is -0.472 e. The first-order valence-electron chi connectivity index (χ1n) is 6.60. The lowest BCUT2D eigenvalue weighted by molar-refractivity contribution is -0.178. The molecule has 122 valence electrons. The summed E-state index contributed by atoms with van der Waals surface area (Å²) >= 11 is 0. The van der Waals surface area contributed by atoms with Gasteiger partial charge in [-0.25, -0.2) is 0 Å². The molecule has 2 heterocycles. The van der Waals surface area contributed by atoms with Crippen molar-refractivity contribution in [2.24, 2.45) is 0 Å². The van der Waals surface area contributed by atoms with Gasteiger partial charge in [-0.15, -0.1) is 0 Å². The van der Waals surface area contributed by atoms with E-state index >= 15 is 0 Å². The first-order valence-corrected chi connectivity index (χ1v) is 6.60. The SMILES string of the molecule is O=C(COCC(F)(F)F)N1CCN(C(=O)c2ccoc2)CC1. The van der Waals surface area contributed by atoms with E-state index in [-0.39, 0.29) is 19.0 Å². The molecule has 1 saturated heterocycles. The van der Waals surface area contributed by atoms with Crippen molar-refractivity contribution < 1.29 is 31.9 Å². The Morgan fingerprint density at radius 1 is 1.18 bits per heavy atom. The zero-order chi connectivity index (χ0) is 16.2. The molecule has 0 aromatic carbocycles. The number of halogens is 3. The second-order valence-electron chi connectivity index (χ2n) is 4.79. The third-order valence-electron chi connectivity index (χ3n) is 3.18. The summed E-state index contributed by atoms with van der Waals surface area (Å²) in [7, 11) is 0. The Morgan fingerprint density at radius 3 is 2.36 bits per heavy atom. The molecule has 0 saturated carbocycles. The van der Waals surface area contributed by atoms with Gasteiger partial charge in [0, 0.05) is 26.2 Å². The summed E-state index contributed by atoms with van der Waals surface area (Å²) in [6.45, 7) is -0.910. The van der Waals surface area contributed by atoms with Gasteiger partial charge in [0.2, 0.25) is 5.91 Å². The lowest BCUT2D eigenvalue weighted by atomic mass is 10.2. The number of carbonyl (C=O) groups is 2. The molecule has 0 aliphatic carbocycles. The molecule has 1 aliphatic heterocycles. The molecule has 0 bridgehead atoms. The standard InChI is InChI=1S/C13H15F3N2O4/c14-13(15,16)9-22-8-11(19)17-2-4-18(5-3-17)12(20)10-1-6-21-7-10/h1,6-7H,2-5,8-9H2. The number of carbonyl (C=O) groups excluding carboxylic acids is 2. The molecule has 22 heavy (non-hydrogen) atoms. The summed E-state index contributed by atoms with van der Waals surface area (Å²) in [5.74, 6) is -0.714. The molecule has 2 rings (SSSR count). The number of furan rings is 1. The van der Waals surface area contributed by atoms with Gasteiger partial charge in [-0.05, 0) is 6.07 Å². The minimum atomic E-state index is -4.45. The van der Waals surface area contributed by atoms with Crippen LogP contribution >= 0.6 is 0 Å². The average molecular weight is 320 g/mol. The highest BCUT2D eigenvalue weighted by atomic mass is 19.4. The van der Waals surface area contributed by atoms with Crippen LogP contribution in [0, 0.1) is 0 Å². The Labute approximate surface area is 124 Å². The highest BCUT2D eigenvalue weighted by Gasteiger charge is 2.29. The Morgan fingerprint density at radius 2 is 1.82 bits per heavy atom. The molecule has 6 nitrogen and oxygen atoms in total. The summed E-state index contributed by atoms with van der Waals surface area (Å²) < 4.78 is 44.9. The maximum atomic E-state index is 12.0. The Kier molecular flexibility index (Phi) is 5.07. The van der Waals surface area contributed by atoms with Crippen molar-refractivity contribution in [1.82, 2.24) is 9.80 Å². The van der Waals surface area contributed by atoms with Crippen LogP contribution in [0.2, 0.25) is 0 Å². The van der Waals surface area contributed by atoms with Crippen LogP contribution in [0.15, 0.2) is 23.0 Å². The second kappa shape index (κ2) is 6.82. The third kappa shape index (κ3) is 4.48. The van der Waals surface area contributed by atoms with E-state index in [9.17, 15) is 22.8 Å². The van der Waals surface area contributed by atoms with Crippen LogP contribution in [0.1, 0.15) is 10.4 Å². The molecule has 1 aliphatic rings. The highest BCUT2D eigenvalue weighted by molar-refractivity contribution is 5.94. The van der Waals surface area contributed by atoms with Gasteiger partial charge >= 0.3 is 6.18 Å². The van der Waals surface area contributed by atoms with Crippen molar-refractivity contribution in [2.45, 2.75) is 6.18 Å². The van der Waals surface area contributed by atoms with Crippen LogP contribution < -0.4 is 0 Å². The molecule has 1 aromatic rings. The zero-order valence-electron chi connectivity index (χ0n) is 11.6. The molecular formula is C13H15F3N2O4. The number of piperazine rings is 1. The number of amides is 2. The summed E-state index contributed by atoms with van der Waals surface area (Å²) in [6.07, 6.45) is -1.72. The molecule has 0 N–H and O–H groups in total. The first-order chi connectivity index (χ1) is 10.4. The van der Waals surface area contributed by atoms with E-state index in [1.807, 2.05) is 0 Å². The van der Waals surface area contributed by atoms with E-state index in [0.717, 1.165) is 0 Å². The number of nitrogens with zero attached hydrogens (tertiary/aromatic N) is 2. The topological polar surface area (TPSA) is 63.0 Å². The fourth-order valence-corrected chi connectivity index (χ4v) is 2.07. The van der Waals surface area contributed by atoms with Crippen molar-refractivity contribution in [3.8, 4) is 0 Å². The molecular weight excluding hydrogens is 305 g/mol. The van der Waals surface area contributed by atoms with Gasteiger partial charge in [-0.3, -0.25) is 9.59 Å². The van der Waals surface area contributed by atoms with Crippen molar-refractivity contribution in [3.63, 3.8) is 0 Å². The van der Waals surface area contributed by atoms with Crippen LogP contribution in [0.3, 0.4) is 0 Å². The van der Waals surface area contributed by atoms with Crippen molar-refractivity contribution in [2.75, 3.05) is 39.4 Å². The quantitative estimate of drug-likeness (QED) is 0.835. The predicted molar refractivity (Wildman–Crippen MR) is 68.1 cm³/mol. The minimum absolute atomic E-state index is 0.200. The van der Waals surface area contributed by atoms with Gasteiger partial charge in [0.25, 0.3) is 5.91 Å². The van der Waals surface area contributed by atoms with Crippen LogP contribution in [0.25, 0.3) is 0 Å². The average Bonchev–Trinajstić information content (AvgIpc) is 2.99. The van der Waals surface area contributed by atoms with Crippen LogP contribution in [-0.4, -0.2) is 67.2 Å². The smallest absolute Gasteiger partial charge is 0.411 e. The van der Waals surface area contributed by atoms with Crippen LogP contribution in [-0.2, 0) is 9.53 Å². The number of hydrogen-bond donors (Lipinski definition) is 0. The maximum Gasteiger partial charge on any atom is 0.411 e. The second-order valence-corrected chi connectivity index (χ2v) is 4.79. The normalized spacial score (nSPS) is 16.0. The van der Waals surface area contributed by atoms with Crippen molar-refractivity contribution in [3.05, 3.63) is 24.2 Å². The molecule has 2 amide bonds. The lowest BCUT2D eigenvalue weighted by Crippen LogP contribution is -2.51. The number of hydrogen-bond acceptors (Lipinski definition) is 4. The molecule has 0 spiro atoms. The molecule has 0 atom stereocenters. The summed E-state index contributed by atoms with van der Waals surface area (Å²) in [5.41, 5.74) is 0.424. The largest absolute Gasteiger partial charge is 0.472 e. The van der Waals surface area contributed by atoms with E-state index in [1.54, 1.807) is 11.0 Å².